The molecule has 0 saturated carbocycles. The highest BCUT2D eigenvalue weighted by molar-refractivity contribution is 6.04. The SMILES string of the molecule is c1ccc(-c2c(-c3ccccc3)c(-c3ccccc3)n(-c3ccc(-c4ccc(-n5c(-c6ccccc6)c(-c6ccccc6)c(-c6ccccc6)c5-c5ccccc5)cn4)nc3)c2-c2ccccc2)cc1. The normalized spacial score (nSPS) is 11.1. The molecule has 0 atom stereocenters. The van der Waals surface area contributed by atoms with E-state index in [4.69, 9.17) is 9.97 Å². The lowest BCUT2D eigenvalue weighted by molar-refractivity contribution is 1.06. The van der Waals surface area contributed by atoms with Gasteiger partial charge in [0.25, 0.3) is 0 Å². The molecule has 4 aromatic heterocycles. The van der Waals surface area contributed by atoms with E-state index in [2.05, 4.69) is 276 Å². The molecule has 0 bridgehead atoms. The van der Waals surface area contributed by atoms with Crippen molar-refractivity contribution in [2.24, 2.45) is 0 Å². The number of benzene rings is 8. The van der Waals surface area contributed by atoms with Crippen molar-refractivity contribution in [2.75, 3.05) is 0 Å². The van der Waals surface area contributed by atoms with Gasteiger partial charge in [-0.25, -0.2) is 0 Å². The molecule has 12 rings (SSSR count). The second kappa shape index (κ2) is 18.7. The fourth-order valence-electron chi connectivity index (χ4n) is 10.0. The first-order valence-electron chi connectivity index (χ1n) is 23.7. The Labute approximate surface area is 408 Å². The average Bonchev–Trinajstić information content (AvgIpc) is 4.00. The number of aromatic nitrogens is 4. The number of pyridine rings is 2. The molecule has 0 spiro atoms. The second-order valence-corrected chi connectivity index (χ2v) is 17.3. The zero-order valence-electron chi connectivity index (χ0n) is 38.3. The first-order valence-corrected chi connectivity index (χ1v) is 23.7. The van der Waals surface area contributed by atoms with Crippen LogP contribution in [0.25, 0.3) is 112 Å². The molecule has 0 radical (unpaired) electrons. The maximum Gasteiger partial charge on any atom is 0.0887 e. The predicted octanol–water partition coefficient (Wildman–Crippen LogP) is 17.1. The molecule has 330 valence electrons. The molecule has 0 N–H and O–H groups in total. The first-order chi connectivity index (χ1) is 34.8. The topological polar surface area (TPSA) is 35.6 Å². The van der Waals surface area contributed by atoms with Gasteiger partial charge in [0, 0.05) is 22.3 Å². The molecular formula is C66H46N4. The average molecular weight is 895 g/mol. The van der Waals surface area contributed by atoms with Gasteiger partial charge in [0.05, 0.1) is 57.9 Å². The lowest BCUT2D eigenvalue weighted by Crippen LogP contribution is -2.02. The second-order valence-electron chi connectivity index (χ2n) is 17.3. The predicted molar refractivity (Wildman–Crippen MR) is 290 cm³/mol. The lowest BCUT2D eigenvalue weighted by atomic mass is 9.91. The van der Waals surface area contributed by atoms with Crippen molar-refractivity contribution >= 4 is 0 Å². The van der Waals surface area contributed by atoms with E-state index in [1.54, 1.807) is 0 Å². The Kier molecular flexibility index (Phi) is 11.2. The first kappa shape index (κ1) is 42.0. The Morgan fingerprint density at radius 3 is 0.586 bits per heavy atom. The Bertz CT molecular complexity index is 3220. The maximum atomic E-state index is 5.22. The van der Waals surface area contributed by atoms with Crippen LogP contribution in [0, 0.1) is 0 Å². The maximum absolute atomic E-state index is 5.22. The third kappa shape index (κ3) is 7.74. The van der Waals surface area contributed by atoms with Crippen LogP contribution in [0.5, 0.6) is 0 Å². The summed E-state index contributed by atoms with van der Waals surface area (Å²) in [7, 11) is 0. The molecule has 0 fully saturated rings. The summed E-state index contributed by atoms with van der Waals surface area (Å²) in [5, 5.41) is 0. The Hall–Kier alpha value is -9.38. The van der Waals surface area contributed by atoms with Gasteiger partial charge >= 0.3 is 0 Å². The van der Waals surface area contributed by atoms with Crippen molar-refractivity contribution in [2.45, 2.75) is 0 Å². The van der Waals surface area contributed by atoms with Gasteiger partial charge < -0.3 is 9.13 Å². The van der Waals surface area contributed by atoms with Crippen LogP contribution in [-0.2, 0) is 0 Å². The van der Waals surface area contributed by atoms with E-state index in [0.29, 0.717) is 0 Å². The molecule has 12 aromatic rings. The van der Waals surface area contributed by atoms with E-state index in [9.17, 15) is 0 Å². The van der Waals surface area contributed by atoms with Crippen molar-refractivity contribution in [3.63, 3.8) is 0 Å². The van der Waals surface area contributed by atoms with E-state index in [0.717, 1.165) is 90.0 Å². The lowest BCUT2D eigenvalue weighted by Gasteiger charge is -2.17. The van der Waals surface area contributed by atoms with Crippen LogP contribution in [0.2, 0.25) is 0 Å². The van der Waals surface area contributed by atoms with Crippen molar-refractivity contribution in [1.29, 1.82) is 0 Å². The number of nitrogens with zero attached hydrogens (tertiary/aromatic N) is 4. The number of hydrogen-bond acceptors (Lipinski definition) is 2. The highest BCUT2D eigenvalue weighted by Crippen LogP contribution is 2.51. The fourth-order valence-corrected chi connectivity index (χ4v) is 10.0. The molecule has 0 saturated heterocycles. The molecule has 70 heavy (non-hydrogen) atoms. The van der Waals surface area contributed by atoms with Gasteiger partial charge in [-0.15, -0.1) is 0 Å². The molecule has 4 heterocycles. The van der Waals surface area contributed by atoms with Gasteiger partial charge in [-0.1, -0.05) is 243 Å². The summed E-state index contributed by atoms with van der Waals surface area (Å²) in [4.78, 5) is 10.4. The summed E-state index contributed by atoms with van der Waals surface area (Å²) in [5.41, 5.74) is 21.6. The number of hydrogen-bond donors (Lipinski definition) is 0. The minimum atomic E-state index is 0.783. The van der Waals surface area contributed by atoms with Gasteiger partial charge in [-0.05, 0) is 68.8 Å². The fraction of sp³-hybridized carbons (Fsp3) is 0. The third-order valence-electron chi connectivity index (χ3n) is 13.1. The summed E-state index contributed by atoms with van der Waals surface area (Å²) in [6.45, 7) is 0. The van der Waals surface area contributed by atoms with E-state index < -0.39 is 0 Å². The van der Waals surface area contributed by atoms with Crippen LogP contribution < -0.4 is 0 Å². The summed E-state index contributed by atoms with van der Waals surface area (Å²) >= 11 is 0. The summed E-state index contributed by atoms with van der Waals surface area (Å²) < 4.78 is 4.80. The number of rotatable bonds is 11. The van der Waals surface area contributed by atoms with Crippen molar-refractivity contribution in [3.8, 4) is 112 Å². The molecular weight excluding hydrogens is 849 g/mol. The zero-order valence-corrected chi connectivity index (χ0v) is 38.3. The van der Waals surface area contributed by atoms with Crippen molar-refractivity contribution in [1.82, 2.24) is 19.1 Å². The Morgan fingerprint density at radius 1 is 0.200 bits per heavy atom. The monoisotopic (exact) mass is 894 g/mol. The van der Waals surface area contributed by atoms with Gasteiger partial charge in [0.2, 0.25) is 0 Å². The molecule has 0 amide bonds. The van der Waals surface area contributed by atoms with Crippen LogP contribution in [0.1, 0.15) is 0 Å². The standard InChI is InChI=1S/C66H46N4/c1-9-25-47(26-10-1)59-60(48-27-11-2-12-28-48)64(52-35-19-6-20-36-52)69(63(59)51-33-17-5-18-34-51)55-41-43-57(67-45-55)58-44-42-56(46-68-58)70-65(53-37-21-7-22-38-53)61(49-29-13-3-14-30-49)62(50-31-15-4-16-32-50)66(70)54-39-23-8-24-40-54/h1-46H. The van der Waals surface area contributed by atoms with E-state index in [1.807, 2.05) is 12.4 Å². The highest BCUT2D eigenvalue weighted by atomic mass is 15.0. The van der Waals surface area contributed by atoms with Gasteiger partial charge in [0.1, 0.15) is 0 Å². The van der Waals surface area contributed by atoms with E-state index in [-0.39, 0.29) is 0 Å². The molecule has 4 nitrogen and oxygen atoms in total. The molecule has 0 aliphatic carbocycles. The quantitative estimate of drug-likeness (QED) is 0.130. The molecule has 0 unspecified atom stereocenters. The van der Waals surface area contributed by atoms with Gasteiger partial charge in [-0.2, -0.15) is 0 Å². The van der Waals surface area contributed by atoms with E-state index in [1.165, 1.54) is 22.3 Å². The molecule has 0 aliphatic heterocycles. The van der Waals surface area contributed by atoms with Crippen molar-refractivity contribution < 1.29 is 0 Å². The highest BCUT2D eigenvalue weighted by Gasteiger charge is 2.30. The van der Waals surface area contributed by atoms with Gasteiger partial charge in [0.15, 0.2) is 0 Å². The van der Waals surface area contributed by atoms with Crippen LogP contribution in [0.15, 0.2) is 279 Å². The minimum Gasteiger partial charge on any atom is -0.306 e. The molecule has 8 aromatic carbocycles. The molecule has 4 heteroatoms. The van der Waals surface area contributed by atoms with Crippen LogP contribution in [0.4, 0.5) is 0 Å². The van der Waals surface area contributed by atoms with Crippen molar-refractivity contribution in [3.05, 3.63) is 279 Å². The molecule has 0 aliphatic rings. The minimum absolute atomic E-state index is 0.783. The zero-order chi connectivity index (χ0) is 46.6. The van der Waals surface area contributed by atoms with E-state index >= 15 is 0 Å². The Morgan fingerprint density at radius 2 is 0.400 bits per heavy atom. The summed E-state index contributed by atoms with van der Waals surface area (Å²) in [5.74, 6) is 0. The Balaban J connectivity index is 1.04. The third-order valence-corrected chi connectivity index (χ3v) is 13.1. The van der Waals surface area contributed by atoms with Crippen LogP contribution in [-0.4, -0.2) is 19.1 Å². The summed E-state index contributed by atoms with van der Waals surface area (Å²) in [6.07, 6.45) is 4.00. The van der Waals surface area contributed by atoms with Gasteiger partial charge in [-0.3, -0.25) is 9.97 Å². The van der Waals surface area contributed by atoms with Crippen LogP contribution in [0.3, 0.4) is 0 Å². The smallest absolute Gasteiger partial charge is 0.0887 e. The summed E-state index contributed by atoms with van der Waals surface area (Å²) in [6, 6.07) is 94.5. The van der Waals surface area contributed by atoms with Crippen LogP contribution >= 0.6 is 0 Å². The largest absolute Gasteiger partial charge is 0.306 e.